The van der Waals surface area contributed by atoms with Crippen LogP contribution in [0.1, 0.15) is 5.56 Å². The number of nitriles is 1. The minimum Gasteiger partial charge on any atom is -0.433 e. The molecule has 17 heavy (non-hydrogen) atoms. The van der Waals surface area contributed by atoms with Crippen molar-refractivity contribution in [3.63, 3.8) is 0 Å². The Labute approximate surface area is 114 Å². The Bertz CT molecular complexity index is 585. The summed E-state index contributed by atoms with van der Waals surface area (Å²) in [6.07, 6.45) is 0. The van der Waals surface area contributed by atoms with Crippen LogP contribution in [-0.2, 0) is 9.05 Å². The van der Waals surface area contributed by atoms with Crippen molar-refractivity contribution in [2.24, 2.45) is 0 Å². The van der Waals surface area contributed by atoms with Crippen molar-refractivity contribution in [2.75, 3.05) is 0 Å². The van der Waals surface area contributed by atoms with E-state index >= 15 is 0 Å². The number of nitrogens with zero attached hydrogens (tertiary/aromatic N) is 1. The zero-order valence-electron chi connectivity index (χ0n) is 7.82. The predicted octanol–water partition coefficient (Wildman–Crippen LogP) is 2.69. The van der Waals surface area contributed by atoms with Crippen LogP contribution in [0.4, 0.5) is 8.78 Å². The quantitative estimate of drug-likeness (QED) is 0.585. The molecule has 0 aliphatic heterocycles. The van der Waals surface area contributed by atoms with Crippen LogP contribution in [-0.4, -0.2) is 15.0 Å². The highest BCUT2D eigenvalue weighted by molar-refractivity contribution is 14.1. The number of ether oxygens (including phenoxy) is 1. The van der Waals surface area contributed by atoms with Crippen LogP contribution in [0.15, 0.2) is 17.0 Å². The van der Waals surface area contributed by atoms with Gasteiger partial charge in [-0.1, -0.05) is 0 Å². The van der Waals surface area contributed by atoms with Crippen molar-refractivity contribution in [1.82, 2.24) is 0 Å². The van der Waals surface area contributed by atoms with E-state index in [2.05, 4.69) is 4.74 Å². The van der Waals surface area contributed by atoms with Crippen molar-refractivity contribution >= 4 is 42.3 Å². The third kappa shape index (κ3) is 3.65. The molecule has 0 heterocycles. The standard InChI is InChI=1S/C8H3ClF2INO3S/c9-17(14,15)7-2-5(12)4(3-13)1-6(7)16-8(10)11/h1-2,8H. The average molecular weight is 394 g/mol. The third-order valence-electron chi connectivity index (χ3n) is 1.63. The zero-order valence-corrected chi connectivity index (χ0v) is 11.6. The summed E-state index contributed by atoms with van der Waals surface area (Å²) < 4.78 is 50.7. The van der Waals surface area contributed by atoms with Gasteiger partial charge in [-0.2, -0.15) is 14.0 Å². The van der Waals surface area contributed by atoms with Gasteiger partial charge in [0.25, 0.3) is 9.05 Å². The van der Waals surface area contributed by atoms with Crippen LogP contribution in [0.5, 0.6) is 5.75 Å². The summed E-state index contributed by atoms with van der Waals surface area (Å²) in [4.78, 5) is -0.595. The Hall–Kier alpha value is -0.660. The summed E-state index contributed by atoms with van der Waals surface area (Å²) >= 11 is 1.69. The molecule has 0 radical (unpaired) electrons. The van der Waals surface area contributed by atoms with E-state index in [4.69, 9.17) is 15.9 Å². The summed E-state index contributed by atoms with van der Waals surface area (Å²) in [6, 6.07) is 3.62. The fourth-order valence-corrected chi connectivity index (χ4v) is 2.77. The molecule has 1 rings (SSSR count). The third-order valence-corrected chi connectivity index (χ3v) is 3.87. The zero-order chi connectivity index (χ0) is 13.2. The first-order valence-electron chi connectivity index (χ1n) is 3.89. The number of alkyl halides is 2. The van der Waals surface area contributed by atoms with E-state index in [-0.39, 0.29) is 9.13 Å². The molecule has 0 N–H and O–H groups in total. The van der Waals surface area contributed by atoms with E-state index in [9.17, 15) is 17.2 Å². The van der Waals surface area contributed by atoms with Crippen LogP contribution in [0.3, 0.4) is 0 Å². The summed E-state index contributed by atoms with van der Waals surface area (Å²) in [7, 11) is 0.849. The van der Waals surface area contributed by atoms with E-state index in [1.54, 1.807) is 28.7 Å². The molecule has 0 saturated heterocycles. The van der Waals surface area contributed by atoms with E-state index in [0.29, 0.717) is 0 Å². The molecule has 0 aliphatic rings. The normalized spacial score (nSPS) is 11.3. The first-order chi connectivity index (χ1) is 7.75. The molecular formula is C8H3ClF2INO3S. The van der Waals surface area contributed by atoms with E-state index in [1.807, 2.05) is 0 Å². The molecule has 1 aromatic rings. The highest BCUT2D eigenvalue weighted by atomic mass is 127. The largest absolute Gasteiger partial charge is 0.433 e. The topological polar surface area (TPSA) is 67.2 Å². The molecule has 0 aliphatic carbocycles. The van der Waals surface area contributed by atoms with Crippen LogP contribution >= 0.6 is 33.3 Å². The molecular weight excluding hydrogens is 391 g/mol. The Morgan fingerprint density at radius 3 is 2.47 bits per heavy atom. The highest BCUT2D eigenvalue weighted by Crippen LogP contribution is 2.31. The van der Waals surface area contributed by atoms with E-state index < -0.39 is 26.3 Å². The molecule has 92 valence electrons. The Morgan fingerprint density at radius 2 is 2.06 bits per heavy atom. The van der Waals surface area contributed by atoms with Crippen molar-refractivity contribution in [3.05, 3.63) is 21.3 Å². The minimum absolute atomic E-state index is 0.0188. The molecule has 0 bridgehead atoms. The fraction of sp³-hybridized carbons (Fsp3) is 0.125. The van der Waals surface area contributed by atoms with Gasteiger partial charge >= 0.3 is 6.61 Å². The van der Waals surface area contributed by atoms with Crippen molar-refractivity contribution in [3.8, 4) is 11.8 Å². The minimum atomic E-state index is -4.23. The molecule has 1 aromatic carbocycles. The average Bonchev–Trinajstić information content (AvgIpc) is 2.17. The lowest BCUT2D eigenvalue weighted by Gasteiger charge is -2.09. The van der Waals surface area contributed by atoms with E-state index in [0.717, 1.165) is 12.1 Å². The lowest BCUT2D eigenvalue weighted by atomic mass is 10.2. The van der Waals surface area contributed by atoms with Gasteiger partial charge in [-0.15, -0.1) is 0 Å². The molecule has 0 saturated carbocycles. The van der Waals surface area contributed by atoms with Gasteiger partial charge in [0.05, 0.1) is 5.56 Å². The summed E-state index contributed by atoms with van der Waals surface area (Å²) in [5.74, 6) is -0.646. The molecule has 0 unspecified atom stereocenters. The van der Waals surface area contributed by atoms with Crippen LogP contribution in [0.25, 0.3) is 0 Å². The van der Waals surface area contributed by atoms with E-state index in [1.165, 1.54) is 0 Å². The van der Waals surface area contributed by atoms with Gasteiger partial charge in [-0.05, 0) is 28.7 Å². The molecule has 4 nitrogen and oxygen atoms in total. The molecule has 0 aromatic heterocycles. The van der Waals surface area contributed by atoms with Crippen molar-refractivity contribution < 1.29 is 21.9 Å². The molecule has 0 amide bonds. The summed E-state index contributed by atoms with van der Waals surface area (Å²) in [6.45, 7) is -3.21. The predicted molar refractivity (Wildman–Crippen MR) is 63.5 cm³/mol. The first-order valence-corrected chi connectivity index (χ1v) is 7.27. The second-order valence-electron chi connectivity index (χ2n) is 2.71. The number of rotatable bonds is 3. The highest BCUT2D eigenvalue weighted by Gasteiger charge is 2.21. The van der Waals surface area contributed by atoms with Gasteiger partial charge in [0.15, 0.2) is 0 Å². The fourth-order valence-electron chi connectivity index (χ4n) is 0.999. The molecule has 0 atom stereocenters. The Balaban J connectivity index is 3.48. The van der Waals surface area contributed by atoms with Crippen LogP contribution in [0.2, 0.25) is 0 Å². The number of halogens is 4. The second kappa shape index (κ2) is 5.32. The van der Waals surface area contributed by atoms with Gasteiger partial charge in [-0.25, -0.2) is 8.42 Å². The molecule has 0 spiro atoms. The lowest BCUT2D eigenvalue weighted by Crippen LogP contribution is -2.06. The van der Waals surface area contributed by atoms with Gasteiger partial charge in [-0.3, -0.25) is 0 Å². The first kappa shape index (κ1) is 14.4. The SMILES string of the molecule is N#Cc1cc(OC(F)F)c(S(=O)(=O)Cl)cc1I. The summed E-state index contributed by atoms with van der Waals surface area (Å²) in [5.41, 5.74) is 0.0188. The van der Waals surface area contributed by atoms with Crippen molar-refractivity contribution in [1.29, 1.82) is 5.26 Å². The van der Waals surface area contributed by atoms with Crippen LogP contribution < -0.4 is 4.74 Å². The monoisotopic (exact) mass is 393 g/mol. The Morgan fingerprint density at radius 1 is 1.47 bits per heavy atom. The van der Waals surface area contributed by atoms with Gasteiger partial charge in [0.1, 0.15) is 16.7 Å². The maximum absolute atomic E-state index is 12.1. The second-order valence-corrected chi connectivity index (χ2v) is 6.40. The van der Waals surface area contributed by atoms with Crippen LogP contribution in [0, 0.1) is 14.9 Å². The van der Waals surface area contributed by atoms with Crippen molar-refractivity contribution in [2.45, 2.75) is 11.5 Å². The summed E-state index contributed by atoms with van der Waals surface area (Å²) in [5, 5.41) is 8.69. The maximum Gasteiger partial charge on any atom is 0.387 e. The lowest BCUT2D eigenvalue weighted by molar-refractivity contribution is -0.0517. The smallest absolute Gasteiger partial charge is 0.387 e. The number of benzene rings is 1. The molecule has 9 heteroatoms. The Kier molecular flexibility index (Phi) is 4.51. The van der Waals surface area contributed by atoms with Gasteiger partial charge < -0.3 is 4.74 Å². The molecule has 0 fully saturated rings. The number of hydrogen-bond acceptors (Lipinski definition) is 4. The van der Waals surface area contributed by atoms with Gasteiger partial charge in [0, 0.05) is 20.3 Å². The number of hydrogen-bond donors (Lipinski definition) is 0. The van der Waals surface area contributed by atoms with Gasteiger partial charge in [0.2, 0.25) is 0 Å². The maximum atomic E-state index is 12.1.